The average molecular weight is 407 g/mol. The summed E-state index contributed by atoms with van der Waals surface area (Å²) in [5.74, 6) is 0.937. The van der Waals surface area contributed by atoms with Crippen molar-refractivity contribution in [1.82, 2.24) is 20.3 Å². The van der Waals surface area contributed by atoms with Crippen LogP contribution in [0.25, 0.3) is 0 Å². The number of hydrogen-bond donors (Lipinski definition) is 1. The zero-order chi connectivity index (χ0) is 20.2. The molecule has 1 spiro atoms. The van der Waals surface area contributed by atoms with Crippen LogP contribution in [0.3, 0.4) is 0 Å². The SMILES string of the molecule is c1cc(N2CCC3(CC2)CCN(c2nccc(CCCNC4CC4)n2)CC3)ccn1. The molecule has 1 saturated carbocycles. The molecule has 0 radical (unpaired) electrons. The van der Waals surface area contributed by atoms with Gasteiger partial charge in [0.25, 0.3) is 0 Å². The minimum Gasteiger partial charge on any atom is -0.371 e. The number of anilines is 2. The molecule has 2 saturated heterocycles. The Hall–Kier alpha value is -2.21. The molecule has 3 fully saturated rings. The summed E-state index contributed by atoms with van der Waals surface area (Å²) >= 11 is 0. The number of pyridine rings is 1. The largest absolute Gasteiger partial charge is 0.371 e. The minimum absolute atomic E-state index is 0.506. The molecule has 0 bridgehead atoms. The van der Waals surface area contributed by atoms with Crippen LogP contribution in [-0.4, -0.2) is 53.7 Å². The second-order valence-corrected chi connectivity index (χ2v) is 9.36. The summed E-state index contributed by atoms with van der Waals surface area (Å²) in [4.78, 5) is 18.6. The van der Waals surface area contributed by atoms with Gasteiger partial charge in [-0.1, -0.05) is 0 Å². The van der Waals surface area contributed by atoms with Crippen molar-refractivity contribution in [2.45, 2.75) is 57.4 Å². The van der Waals surface area contributed by atoms with Crippen molar-refractivity contribution in [3.05, 3.63) is 42.5 Å². The zero-order valence-electron chi connectivity index (χ0n) is 18.0. The van der Waals surface area contributed by atoms with Crippen LogP contribution in [0.15, 0.2) is 36.8 Å². The van der Waals surface area contributed by atoms with Gasteiger partial charge in [-0.3, -0.25) is 4.98 Å². The fourth-order valence-electron chi connectivity index (χ4n) is 5.01. The van der Waals surface area contributed by atoms with Crippen LogP contribution in [0.2, 0.25) is 0 Å². The van der Waals surface area contributed by atoms with Gasteiger partial charge in [-0.25, -0.2) is 9.97 Å². The predicted molar refractivity (Wildman–Crippen MR) is 121 cm³/mol. The summed E-state index contributed by atoms with van der Waals surface area (Å²) in [6, 6.07) is 7.14. The molecule has 0 amide bonds. The van der Waals surface area contributed by atoms with E-state index >= 15 is 0 Å². The van der Waals surface area contributed by atoms with E-state index in [9.17, 15) is 0 Å². The van der Waals surface area contributed by atoms with Gasteiger partial charge in [0.05, 0.1) is 0 Å². The highest BCUT2D eigenvalue weighted by molar-refractivity contribution is 5.45. The molecule has 5 rings (SSSR count). The maximum absolute atomic E-state index is 4.89. The lowest BCUT2D eigenvalue weighted by molar-refractivity contribution is 0.166. The van der Waals surface area contributed by atoms with Gasteiger partial charge in [0, 0.05) is 62.2 Å². The summed E-state index contributed by atoms with van der Waals surface area (Å²) < 4.78 is 0. The van der Waals surface area contributed by atoms with Gasteiger partial charge in [0.1, 0.15) is 0 Å². The molecule has 6 nitrogen and oxygen atoms in total. The second-order valence-electron chi connectivity index (χ2n) is 9.36. The Morgan fingerprint density at radius 3 is 2.30 bits per heavy atom. The van der Waals surface area contributed by atoms with Gasteiger partial charge >= 0.3 is 0 Å². The van der Waals surface area contributed by atoms with E-state index in [1.807, 2.05) is 18.6 Å². The lowest BCUT2D eigenvalue weighted by Crippen LogP contribution is -2.47. The van der Waals surface area contributed by atoms with E-state index < -0.39 is 0 Å². The Labute approximate surface area is 180 Å². The van der Waals surface area contributed by atoms with Crippen molar-refractivity contribution in [3.8, 4) is 0 Å². The van der Waals surface area contributed by atoms with Crippen molar-refractivity contribution >= 4 is 11.6 Å². The van der Waals surface area contributed by atoms with E-state index in [1.54, 1.807) is 0 Å². The van der Waals surface area contributed by atoms with Gasteiger partial charge in [-0.05, 0) is 81.5 Å². The fourth-order valence-corrected chi connectivity index (χ4v) is 5.01. The molecule has 0 unspecified atom stereocenters. The summed E-state index contributed by atoms with van der Waals surface area (Å²) in [5.41, 5.74) is 3.00. The molecule has 4 heterocycles. The highest BCUT2D eigenvalue weighted by atomic mass is 15.3. The number of piperidine rings is 2. The first-order valence-corrected chi connectivity index (χ1v) is 11.8. The first-order chi connectivity index (χ1) is 14.8. The van der Waals surface area contributed by atoms with Crippen molar-refractivity contribution < 1.29 is 0 Å². The molecule has 2 aromatic heterocycles. The maximum atomic E-state index is 4.89. The molecule has 0 aromatic carbocycles. The molecule has 2 aliphatic heterocycles. The first-order valence-electron chi connectivity index (χ1n) is 11.8. The van der Waals surface area contributed by atoms with Crippen LogP contribution in [0.1, 0.15) is 50.6 Å². The molecule has 6 heteroatoms. The zero-order valence-corrected chi connectivity index (χ0v) is 18.0. The third kappa shape index (κ3) is 4.75. The van der Waals surface area contributed by atoms with Crippen molar-refractivity contribution in [2.75, 3.05) is 42.5 Å². The van der Waals surface area contributed by atoms with Crippen LogP contribution >= 0.6 is 0 Å². The van der Waals surface area contributed by atoms with Crippen molar-refractivity contribution in [2.24, 2.45) is 5.41 Å². The molecule has 3 aliphatic rings. The van der Waals surface area contributed by atoms with Gasteiger partial charge in [0.15, 0.2) is 0 Å². The Kier molecular flexibility index (Phi) is 5.84. The Morgan fingerprint density at radius 2 is 1.60 bits per heavy atom. The number of aromatic nitrogens is 3. The molecule has 1 N–H and O–H groups in total. The van der Waals surface area contributed by atoms with E-state index in [2.05, 4.69) is 43.3 Å². The van der Waals surface area contributed by atoms with E-state index in [-0.39, 0.29) is 0 Å². The molecule has 30 heavy (non-hydrogen) atoms. The second kappa shape index (κ2) is 8.88. The van der Waals surface area contributed by atoms with Crippen LogP contribution in [0.4, 0.5) is 11.6 Å². The Balaban J connectivity index is 1.11. The third-order valence-corrected chi connectivity index (χ3v) is 7.28. The monoisotopic (exact) mass is 406 g/mol. The normalized spacial score (nSPS) is 21.2. The highest BCUT2D eigenvalue weighted by Crippen LogP contribution is 2.42. The van der Waals surface area contributed by atoms with Gasteiger partial charge in [-0.15, -0.1) is 0 Å². The molecule has 2 aromatic rings. The van der Waals surface area contributed by atoms with E-state index in [0.717, 1.165) is 57.6 Å². The topological polar surface area (TPSA) is 57.2 Å². The van der Waals surface area contributed by atoms with E-state index in [4.69, 9.17) is 4.98 Å². The van der Waals surface area contributed by atoms with Crippen LogP contribution < -0.4 is 15.1 Å². The summed E-state index contributed by atoms with van der Waals surface area (Å²) in [6.07, 6.45) is 15.8. The lowest BCUT2D eigenvalue weighted by Gasteiger charge is -2.47. The Bertz CT molecular complexity index is 803. The quantitative estimate of drug-likeness (QED) is 0.711. The van der Waals surface area contributed by atoms with Crippen molar-refractivity contribution in [1.29, 1.82) is 0 Å². The molecule has 1 aliphatic carbocycles. The van der Waals surface area contributed by atoms with Crippen LogP contribution in [0.5, 0.6) is 0 Å². The molecular weight excluding hydrogens is 372 g/mol. The number of nitrogens with one attached hydrogen (secondary N) is 1. The lowest BCUT2D eigenvalue weighted by atomic mass is 9.71. The first kappa shape index (κ1) is 19.7. The predicted octanol–water partition coefficient (Wildman–Crippen LogP) is 3.44. The Morgan fingerprint density at radius 1 is 0.900 bits per heavy atom. The maximum Gasteiger partial charge on any atom is 0.225 e. The van der Waals surface area contributed by atoms with Crippen LogP contribution in [-0.2, 0) is 6.42 Å². The van der Waals surface area contributed by atoms with Gasteiger partial charge in [0.2, 0.25) is 5.95 Å². The smallest absolute Gasteiger partial charge is 0.225 e. The molecule has 160 valence electrons. The number of rotatable bonds is 7. The van der Waals surface area contributed by atoms with E-state index in [0.29, 0.717) is 5.41 Å². The highest BCUT2D eigenvalue weighted by Gasteiger charge is 2.38. The molecular formula is C24H34N6. The summed E-state index contributed by atoms with van der Waals surface area (Å²) in [6.45, 7) is 5.59. The van der Waals surface area contributed by atoms with Crippen molar-refractivity contribution in [3.63, 3.8) is 0 Å². The van der Waals surface area contributed by atoms with Gasteiger partial charge in [-0.2, -0.15) is 0 Å². The number of nitrogens with zero attached hydrogens (tertiary/aromatic N) is 5. The summed E-state index contributed by atoms with van der Waals surface area (Å²) in [7, 11) is 0. The number of aryl methyl sites for hydroxylation is 1. The molecule has 0 atom stereocenters. The standard InChI is InChI=1S/C24H34N6/c1(12-26-20-3-4-20)2-21-5-15-27-23(28-21)30-18-10-24(11-19-30)8-16-29(17-9-24)22-6-13-25-14-7-22/h5-7,13-15,20,26H,1-4,8-12,16-19H2. The van der Waals surface area contributed by atoms with Gasteiger partial charge < -0.3 is 15.1 Å². The minimum atomic E-state index is 0.506. The summed E-state index contributed by atoms with van der Waals surface area (Å²) in [5, 5.41) is 3.59. The van der Waals surface area contributed by atoms with E-state index in [1.165, 1.54) is 49.9 Å². The average Bonchev–Trinajstić information content (AvgIpc) is 3.63. The third-order valence-electron chi connectivity index (χ3n) is 7.28. The number of hydrogen-bond acceptors (Lipinski definition) is 6. The fraction of sp³-hybridized carbons (Fsp3) is 0.625. The van der Waals surface area contributed by atoms with Crippen LogP contribution in [0, 0.1) is 5.41 Å².